The lowest BCUT2D eigenvalue weighted by Gasteiger charge is -2.58. The lowest BCUT2D eigenvalue weighted by molar-refractivity contribution is -0.718. The number of nitrogens with two attached hydrogens (primary N) is 1. The van der Waals surface area contributed by atoms with Crippen molar-refractivity contribution in [2.24, 2.45) is 23.2 Å². The van der Waals surface area contributed by atoms with Crippen LogP contribution in [0, 0.1) is 43.9 Å². The van der Waals surface area contributed by atoms with Gasteiger partial charge >= 0.3 is 0 Å². The predicted octanol–water partition coefficient (Wildman–Crippen LogP) is 4.11. The molecule has 0 saturated heterocycles. The molecule has 27 heavy (non-hydrogen) atoms. The average molecular weight is 370 g/mol. The first-order valence-corrected chi connectivity index (χ1v) is 11.0. The SMILES string of the molecule is Cc1cc(C)c(NC(=O)[C@H](C)[NH2+][C@@H](C)C23CC4CC(CC(C4)C2)C3)c(C)c1. The first-order chi connectivity index (χ1) is 12.8. The summed E-state index contributed by atoms with van der Waals surface area (Å²) in [7, 11) is 0. The van der Waals surface area contributed by atoms with Crippen molar-refractivity contribution in [3.63, 3.8) is 0 Å². The molecule has 0 aromatic heterocycles. The van der Waals surface area contributed by atoms with E-state index in [4.69, 9.17) is 0 Å². The number of amides is 1. The molecule has 0 unspecified atom stereocenters. The van der Waals surface area contributed by atoms with E-state index in [0.717, 1.165) is 34.6 Å². The summed E-state index contributed by atoms with van der Waals surface area (Å²) in [6.45, 7) is 10.7. The predicted molar refractivity (Wildman–Crippen MR) is 111 cm³/mol. The van der Waals surface area contributed by atoms with E-state index in [1.807, 2.05) is 0 Å². The number of anilines is 1. The molecule has 0 aliphatic heterocycles. The van der Waals surface area contributed by atoms with Crippen molar-refractivity contribution < 1.29 is 10.1 Å². The van der Waals surface area contributed by atoms with Gasteiger partial charge in [-0.2, -0.15) is 0 Å². The van der Waals surface area contributed by atoms with E-state index in [-0.39, 0.29) is 11.9 Å². The molecule has 4 saturated carbocycles. The summed E-state index contributed by atoms with van der Waals surface area (Å²) < 4.78 is 0. The molecular formula is C24H37N2O+. The standard InChI is InChI=1S/C24H36N2O/c1-14-6-15(2)22(16(3)7-14)26-23(27)17(4)25-18(5)24-11-19-8-20(12-24)10-21(9-19)13-24/h6-7,17-21,25H,8-13H2,1-5H3,(H,26,27)/p+1/t17-,18-,19?,20?,21?,24?/m0/s1. The van der Waals surface area contributed by atoms with Crippen LogP contribution in [0.3, 0.4) is 0 Å². The Morgan fingerprint density at radius 2 is 1.48 bits per heavy atom. The molecule has 2 atom stereocenters. The van der Waals surface area contributed by atoms with Crippen LogP contribution in [0.15, 0.2) is 12.1 Å². The molecule has 0 heterocycles. The maximum atomic E-state index is 12.9. The minimum absolute atomic E-state index is 0.0480. The van der Waals surface area contributed by atoms with Crippen LogP contribution in [0.2, 0.25) is 0 Å². The summed E-state index contributed by atoms with van der Waals surface area (Å²) in [4.78, 5) is 12.9. The van der Waals surface area contributed by atoms with Gasteiger partial charge < -0.3 is 10.6 Å². The Morgan fingerprint density at radius 3 is 1.96 bits per heavy atom. The second-order valence-electron chi connectivity index (χ2n) is 10.3. The molecule has 1 aromatic rings. The van der Waals surface area contributed by atoms with Gasteiger partial charge in [-0.1, -0.05) is 17.7 Å². The summed E-state index contributed by atoms with van der Waals surface area (Å²) in [5, 5.41) is 5.58. The number of aryl methyl sites for hydroxylation is 3. The van der Waals surface area contributed by atoms with Crippen LogP contribution >= 0.6 is 0 Å². The topological polar surface area (TPSA) is 45.7 Å². The van der Waals surface area contributed by atoms with Gasteiger partial charge in [-0.25, -0.2) is 0 Å². The number of benzene rings is 1. The zero-order valence-corrected chi connectivity index (χ0v) is 17.8. The average Bonchev–Trinajstić information content (AvgIpc) is 2.56. The first kappa shape index (κ1) is 19.0. The van der Waals surface area contributed by atoms with Gasteiger partial charge in [0.2, 0.25) is 0 Å². The number of rotatable bonds is 5. The molecule has 4 aliphatic carbocycles. The lowest BCUT2D eigenvalue weighted by Crippen LogP contribution is -2.98. The van der Waals surface area contributed by atoms with Crippen molar-refractivity contribution in [1.29, 1.82) is 0 Å². The summed E-state index contributed by atoms with van der Waals surface area (Å²) in [6, 6.07) is 4.78. The monoisotopic (exact) mass is 369 g/mol. The Kier molecular flexibility index (Phi) is 4.86. The third-order valence-corrected chi connectivity index (χ3v) is 7.97. The van der Waals surface area contributed by atoms with Crippen LogP contribution in [0.5, 0.6) is 0 Å². The molecule has 0 spiro atoms. The van der Waals surface area contributed by atoms with Crippen molar-refractivity contribution in [1.82, 2.24) is 0 Å². The number of hydrogen-bond donors (Lipinski definition) is 2. The molecule has 1 aromatic carbocycles. The molecule has 4 fully saturated rings. The van der Waals surface area contributed by atoms with Gasteiger partial charge in [0.25, 0.3) is 5.91 Å². The molecule has 3 nitrogen and oxygen atoms in total. The maximum absolute atomic E-state index is 12.9. The summed E-state index contributed by atoms with van der Waals surface area (Å²) in [5.74, 6) is 3.04. The number of hydrogen-bond acceptors (Lipinski definition) is 1. The quantitative estimate of drug-likeness (QED) is 0.806. The molecule has 1 amide bonds. The minimum Gasteiger partial charge on any atom is -0.334 e. The highest BCUT2D eigenvalue weighted by atomic mass is 16.2. The fraction of sp³-hybridized carbons (Fsp3) is 0.708. The van der Waals surface area contributed by atoms with Gasteiger partial charge in [-0.05, 0) is 102 Å². The molecule has 3 heteroatoms. The van der Waals surface area contributed by atoms with Crippen molar-refractivity contribution in [3.8, 4) is 0 Å². The number of carbonyl (C=O) groups excluding carboxylic acids is 1. The van der Waals surface area contributed by atoms with Crippen molar-refractivity contribution >= 4 is 11.6 Å². The third kappa shape index (κ3) is 3.55. The van der Waals surface area contributed by atoms with E-state index < -0.39 is 0 Å². The van der Waals surface area contributed by atoms with Crippen molar-refractivity contribution in [3.05, 3.63) is 28.8 Å². The second-order valence-corrected chi connectivity index (χ2v) is 10.3. The molecular weight excluding hydrogens is 332 g/mol. The molecule has 4 bridgehead atoms. The Labute approximate surface area is 164 Å². The molecule has 0 radical (unpaired) electrons. The van der Waals surface area contributed by atoms with Crippen LogP contribution in [0.25, 0.3) is 0 Å². The highest BCUT2D eigenvalue weighted by molar-refractivity contribution is 5.95. The van der Waals surface area contributed by atoms with E-state index in [1.54, 1.807) is 0 Å². The molecule has 3 N–H and O–H groups in total. The number of carbonyl (C=O) groups is 1. The zero-order valence-electron chi connectivity index (χ0n) is 17.8. The van der Waals surface area contributed by atoms with E-state index in [9.17, 15) is 4.79 Å². The third-order valence-electron chi connectivity index (χ3n) is 7.97. The Bertz CT molecular complexity index is 680. The van der Waals surface area contributed by atoms with Crippen molar-refractivity contribution in [2.45, 2.75) is 85.2 Å². The fourth-order valence-corrected chi connectivity index (χ4v) is 7.07. The van der Waals surface area contributed by atoms with E-state index >= 15 is 0 Å². The van der Waals surface area contributed by atoms with E-state index in [2.05, 4.69) is 57.4 Å². The van der Waals surface area contributed by atoms with Gasteiger partial charge in [0.1, 0.15) is 0 Å². The van der Waals surface area contributed by atoms with E-state index in [0.29, 0.717) is 11.5 Å². The van der Waals surface area contributed by atoms with Gasteiger partial charge in [0.05, 0.1) is 6.04 Å². The van der Waals surface area contributed by atoms with Gasteiger partial charge in [0, 0.05) is 11.1 Å². The van der Waals surface area contributed by atoms with Crippen LogP contribution in [0.1, 0.15) is 69.1 Å². The van der Waals surface area contributed by atoms with Crippen molar-refractivity contribution in [2.75, 3.05) is 5.32 Å². The van der Waals surface area contributed by atoms with Crippen LogP contribution < -0.4 is 10.6 Å². The Morgan fingerprint density at radius 1 is 1.00 bits per heavy atom. The molecule has 4 aliphatic rings. The fourth-order valence-electron chi connectivity index (χ4n) is 7.07. The highest BCUT2D eigenvalue weighted by Crippen LogP contribution is 2.60. The summed E-state index contributed by atoms with van der Waals surface area (Å²) >= 11 is 0. The Balaban J connectivity index is 1.42. The van der Waals surface area contributed by atoms with Crippen LogP contribution in [-0.4, -0.2) is 18.0 Å². The van der Waals surface area contributed by atoms with Gasteiger partial charge in [0.15, 0.2) is 6.04 Å². The van der Waals surface area contributed by atoms with E-state index in [1.165, 1.54) is 44.1 Å². The van der Waals surface area contributed by atoms with Crippen LogP contribution in [0.4, 0.5) is 5.69 Å². The number of nitrogens with one attached hydrogen (secondary N) is 1. The summed E-state index contributed by atoms with van der Waals surface area (Å²) in [6.07, 6.45) is 8.65. The minimum atomic E-state index is -0.0480. The smallest absolute Gasteiger partial charge is 0.282 e. The largest absolute Gasteiger partial charge is 0.334 e. The van der Waals surface area contributed by atoms with Crippen LogP contribution in [-0.2, 0) is 4.79 Å². The second kappa shape index (κ2) is 6.92. The zero-order chi connectivity index (χ0) is 19.3. The summed E-state index contributed by atoms with van der Waals surface area (Å²) in [5.41, 5.74) is 5.04. The first-order valence-electron chi connectivity index (χ1n) is 11.0. The normalized spacial score (nSPS) is 33.7. The molecule has 5 rings (SSSR count). The maximum Gasteiger partial charge on any atom is 0.282 e. The molecule has 148 valence electrons. The van der Waals surface area contributed by atoms with Gasteiger partial charge in [-0.3, -0.25) is 4.79 Å². The Hall–Kier alpha value is -1.35. The number of quaternary nitrogens is 1. The highest BCUT2D eigenvalue weighted by Gasteiger charge is 2.54. The van der Waals surface area contributed by atoms with Gasteiger partial charge in [-0.15, -0.1) is 0 Å². The lowest BCUT2D eigenvalue weighted by atomic mass is 9.48.